The van der Waals surface area contributed by atoms with Gasteiger partial charge in [0.05, 0.1) is 11.1 Å². The molecule has 0 atom stereocenters. The Morgan fingerprint density at radius 3 is 1.45 bits per heavy atom. The number of carbonyl (C=O) groups is 2. The number of hydrogen-bond donors (Lipinski definition) is 4. The Bertz CT molecular complexity index is 677. The Labute approximate surface area is 127 Å². The number of phenols is 2. The first-order chi connectivity index (χ1) is 10.4. The summed E-state index contributed by atoms with van der Waals surface area (Å²) < 4.78 is 0. The molecule has 0 saturated heterocycles. The van der Waals surface area contributed by atoms with E-state index < -0.39 is 11.8 Å². The van der Waals surface area contributed by atoms with Crippen molar-refractivity contribution in [3.8, 4) is 11.5 Å². The summed E-state index contributed by atoms with van der Waals surface area (Å²) in [6.07, 6.45) is 0. The molecule has 114 valence electrons. The molecule has 0 fully saturated rings. The Hall–Kier alpha value is -3.02. The molecule has 0 unspecified atom stereocenters. The van der Waals surface area contributed by atoms with Crippen LogP contribution in [0.25, 0.3) is 0 Å². The maximum Gasteiger partial charge on any atom is 0.273 e. The van der Waals surface area contributed by atoms with Gasteiger partial charge in [-0.1, -0.05) is 12.1 Å². The molecule has 0 bridgehead atoms. The lowest BCUT2D eigenvalue weighted by Crippen LogP contribution is -2.41. The molecule has 0 aliphatic carbocycles. The number of rotatable bonds is 2. The highest BCUT2D eigenvalue weighted by Crippen LogP contribution is 2.19. The van der Waals surface area contributed by atoms with Crippen molar-refractivity contribution in [1.82, 2.24) is 10.9 Å². The second kappa shape index (κ2) is 6.17. The van der Waals surface area contributed by atoms with Crippen molar-refractivity contribution < 1.29 is 19.8 Å². The molecule has 6 heteroatoms. The van der Waals surface area contributed by atoms with Gasteiger partial charge in [-0.2, -0.15) is 0 Å². The Balaban J connectivity index is 2.06. The van der Waals surface area contributed by atoms with Crippen LogP contribution in [0.1, 0.15) is 31.8 Å². The van der Waals surface area contributed by atoms with E-state index in [2.05, 4.69) is 10.9 Å². The molecular formula is C16H16N2O4. The van der Waals surface area contributed by atoms with Crippen LogP contribution < -0.4 is 10.9 Å². The minimum atomic E-state index is -0.655. The smallest absolute Gasteiger partial charge is 0.273 e. The standard InChI is InChI=1S/C16H16N2O4/c1-9-3-5-11(13(19)7-9)15(21)17-18-16(22)12-6-4-10(2)8-14(12)20/h3-8,19-20H,1-2H3,(H,17,21)(H,18,22). The summed E-state index contributed by atoms with van der Waals surface area (Å²) >= 11 is 0. The quantitative estimate of drug-likeness (QED) is 0.635. The Morgan fingerprint density at radius 1 is 0.773 bits per heavy atom. The first kappa shape index (κ1) is 15.4. The molecule has 2 aromatic carbocycles. The van der Waals surface area contributed by atoms with Gasteiger partial charge in [-0.15, -0.1) is 0 Å². The molecule has 0 aromatic heterocycles. The van der Waals surface area contributed by atoms with Gasteiger partial charge in [-0.3, -0.25) is 20.4 Å². The molecule has 0 aliphatic heterocycles. The van der Waals surface area contributed by atoms with Gasteiger partial charge in [0.25, 0.3) is 11.8 Å². The van der Waals surface area contributed by atoms with E-state index >= 15 is 0 Å². The van der Waals surface area contributed by atoms with Crippen LogP contribution in [-0.2, 0) is 0 Å². The molecule has 4 N–H and O–H groups in total. The summed E-state index contributed by atoms with van der Waals surface area (Å²) in [5.74, 6) is -1.66. The number of carbonyl (C=O) groups excluding carboxylic acids is 2. The van der Waals surface area contributed by atoms with Crippen LogP contribution in [0.5, 0.6) is 11.5 Å². The summed E-state index contributed by atoms with van der Waals surface area (Å²) in [5, 5.41) is 19.4. The van der Waals surface area contributed by atoms with Gasteiger partial charge in [-0.05, 0) is 49.2 Å². The molecule has 0 radical (unpaired) electrons. The van der Waals surface area contributed by atoms with Crippen molar-refractivity contribution in [2.24, 2.45) is 0 Å². The van der Waals surface area contributed by atoms with Gasteiger partial charge >= 0.3 is 0 Å². The highest BCUT2D eigenvalue weighted by Gasteiger charge is 2.14. The number of phenolic OH excluding ortho intramolecular Hbond substituents is 2. The van der Waals surface area contributed by atoms with E-state index in [9.17, 15) is 19.8 Å². The third kappa shape index (κ3) is 3.35. The molecular weight excluding hydrogens is 284 g/mol. The van der Waals surface area contributed by atoms with E-state index in [0.717, 1.165) is 11.1 Å². The zero-order valence-electron chi connectivity index (χ0n) is 12.2. The van der Waals surface area contributed by atoms with Gasteiger partial charge in [0.15, 0.2) is 0 Å². The minimum absolute atomic E-state index is 0.0408. The number of aryl methyl sites for hydroxylation is 2. The summed E-state index contributed by atoms with van der Waals surface area (Å²) in [6, 6.07) is 9.14. The average Bonchev–Trinajstić information content (AvgIpc) is 2.44. The van der Waals surface area contributed by atoms with Gasteiger partial charge in [-0.25, -0.2) is 0 Å². The van der Waals surface area contributed by atoms with Crippen molar-refractivity contribution in [3.05, 3.63) is 58.7 Å². The monoisotopic (exact) mass is 300 g/mol. The molecule has 0 spiro atoms. The van der Waals surface area contributed by atoms with Crippen molar-refractivity contribution >= 4 is 11.8 Å². The number of nitrogens with one attached hydrogen (secondary N) is 2. The van der Waals surface area contributed by atoms with Crippen molar-refractivity contribution in [3.63, 3.8) is 0 Å². The fourth-order valence-corrected chi connectivity index (χ4v) is 1.92. The predicted molar refractivity (Wildman–Crippen MR) is 80.6 cm³/mol. The van der Waals surface area contributed by atoms with E-state index in [1.54, 1.807) is 26.0 Å². The maximum atomic E-state index is 11.9. The molecule has 2 aromatic rings. The molecule has 2 amide bonds. The SMILES string of the molecule is Cc1ccc(C(=O)NNC(=O)c2ccc(C)cc2O)c(O)c1. The van der Waals surface area contributed by atoms with Gasteiger partial charge < -0.3 is 10.2 Å². The van der Waals surface area contributed by atoms with Crippen LogP contribution in [0, 0.1) is 13.8 Å². The molecule has 0 aliphatic rings. The Kier molecular flexibility index (Phi) is 4.31. The fraction of sp³-hybridized carbons (Fsp3) is 0.125. The maximum absolute atomic E-state index is 11.9. The fourth-order valence-electron chi connectivity index (χ4n) is 1.92. The first-order valence-corrected chi connectivity index (χ1v) is 6.58. The number of hydrogen-bond acceptors (Lipinski definition) is 4. The van der Waals surface area contributed by atoms with Crippen LogP contribution >= 0.6 is 0 Å². The van der Waals surface area contributed by atoms with Gasteiger partial charge in [0, 0.05) is 0 Å². The predicted octanol–water partition coefficient (Wildman–Crippen LogP) is 1.79. The van der Waals surface area contributed by atoms with E-state index in [-0.39, 0.29) is 22.6 Å². The lowest BCUT2D eigenvalue weighted by molar-refractivity contribution is 0.0843. The van der Waals surface area contributed by atoms with E-state index in [1.165, 1.54) is 24.3 Å². The summed E-state index contributed by atoms with van der Waals surface area (Å²) in [5.41, 5.74) is 6.08. The third-order valence-corrected chi connectivity index (χ3v) is 3.09. The van der Waals surface area contributed by atoms with Gasteiger partial charge in [0.2, 0.25) is 0 Å². The number of aromatic hydroxyl groups is 2. The summed E-state index contributed by atoms with van der Waals surface area (Å²) in [7, 11) is 0. The topological polar surface area (TPSA) is 98.7 Å². The van der Waals surface area contributed by atoms with Crippen molar-refractivity contribution in [1.29, 1.82) is 0 Å². The van der Waals surface area contributed by atoms with Crippen LogP contribution in [0.4, 0.5) is 0 Å². The molecule has 0 saturated carbocycles. The highest BCUT2D eigenvalue weighted by atomic mass is 16.3. The van der Waals surface area contributed by atoms with E-state index in [1.807, 2.05) is 0 Å². The third-order valence-electron chi connectivity index (χ3n) is 3.09. The molecule has 22 heavy (non-hydrogen) atoms. The number of benzene rings is 2. The lowest BCUT2D eigenvalue weighted by atomic mass is 10.1. The second-order valence-electron chi connectivity index (χ2n) is 4.95. The van der Waals surface area contributed by atoms with E-state index in [4.69, 9.17) is 0 Å². The summed E-state index contributed by atoms with van der Waals surface area (Å²) in [6.45, 7) is 3.56. The van der Waals surface area contributed by atoms with Crippen molar-refractivity contribution in [2.75, 3.05) is 0 Å². The van der Waals surface area contributed by atoms with Crippen LogP contribution in [0.15, 0.2) is 36.4 Å². The largest absolute Gasteiger partial charge is 0.507 e. The molecule has 2 rings (SSSR count). The highest BCUT2D eigenvalue weighted by molar-refractivity contribution is 6.01. The van der Waals surface area contributed by atoms with Crippen molar-refractivity contribution in [2.45, 2.75) is 13.8 Å². The van der Waals surface area contributed by atoms with Crippen LogP contribution in [-0.4, -0.2) is 22.0 Å². The van der Waals surface area contributed by atoms with Crippen LogP contribution in [0.2, 0.25) is 0 Å². The minimum Gasteiger partial charge on any atom is -0.507 e. The average molecular weight is 300 g/mol. The second-order valence-corrected chi connectivity index (χ2v) is 4.95. The first-order valence-electron chi connectivity index (χ1n) is 6.58. The zero-order valence-corrected chi connectivity index (χ0v) is 12.2. The lowest BCUT2D eigenvalue weighted by Gasteiger charge is -2.10. The molecule has 6 nitrogen and oxygen atoms in total. The number of hydrazine groups is 1. The Morgan fingerprint density at radius 2 is 1.14 bits per heavy atom. The van der Waals surface area contributed by atoms with E-state index in [0.29, 0.717) is 0 Å². The molecule has 0 heterocycles. The normalized spacial score (nSPS) is 10.1. The zero-order chi connectivity index (χ0) is 16.3. The number of amides is 2. The van der Waals surface area contributed by atoms with Crippen LogP contribution in [0.3, 0.4) is 0 Å². The van der Waals surface area contributed by atoms with Gasteiger partial charge in [0.1, 0.15) is 11.5 Å². The summed E-state index contributed by atoms with van der Waals surface area (Å²) in [4.78, 5) is 23.8.